The van der Waals surface area contributed by atoms with Gasteiger partial charge < -0.3 is 10.3 Å². The minimum Gasteiger partial charge on any atom is -0.341 e. The molecule has 0 spiro atoms. The normalized spacial score (nSPS) is 10.7. The van der Waals surface area contributed by atoms with E-state index in [0.29, 0.717) is 5.65 Å². The Hall–Kier alpha value is -3.28. The van der Waals surface area contributed by atoms with Gasteiger partial charge in [-0.15, -0.1) is 0 Å². The average molecular weight is 288 g/mol. The quantitative estimate of drug-likeness (QED) is 0.605. The van der Waals surface area contributed by atoms with Crippen LogP contribution in [0.1, 0.15) is 0 Å². The van der Waals surface area contributed by atoms with Crippen LogP contribution in [0.5, 0.6) is 0 Å². The van der Waals surface area contributed by atoms with Gasteiger partial charge in [-0.25, -0.2) is 19.9 Å². The Morgan fingerprint density at radius 3 is 2.68 bits per heavy atom. The number of pyridine rings is 1. The molecule has 4 aromatic rings. The van der Waals surface area contributed by atoms with Crippen LogP contribution >= 0.6 is 0 Å². The van der Waals surface area contributed by atoms with E-state index in [2.05, 4.69) is 30.2 Å². The number of anilines is 2. The molecule has 2 N–H and O–H groups in total. The maximum absolute atomic E-state index is 4.44. The number of nitrogens with one attached hydrogen (secondary N) is 2. The van der Waals surface area contributed by atoms with Gasteiger partial charge in [0.25, 0.3) is 0 Å². The van der Waals surface area contributed by atoms with Crippen molar-refractivity contribution in [2.24, 2.45) is 0 Å². The van der Waals surface area contributed by atoms with Crippen molar-refractivity contribution in [3.63, 3.8) is 0 Å². The lowest BCUT2D eigenvalue weighted by Gasteiger charge is -2.10. The zero-order valence-electron chi connectivity index (χ0n) is 11.6. The van der Waals surface area contributed by atoms with Crippen LogP contribution in [0.15, 0.2) is 61.3 Å². The second kappa shape index (κ2) is 5.25. The minimum atomic E-state index is 0.638. The number of benzene rings is 1. The second-order valence-electron chi connectivity index (χ2n) is 4.71. The number of imidazole rings is 1. The number of hydrogen-bond donors (Lipinski definition) is 2. The molecule has 3 aromatic heterocycles. The first-order valence-corrected chi connectivity index (χ1v) is 6.83. The van der Waals surface area contributed by atoms with Gasteiger partial charge in [0, 0.05) is 17.4 Å². The molecule has 6 heteroatoms. The zero-order chi connectivity index (χ0) is 14.8. The number of hydrogen-bond acceptors (Lipinski definition) is 5. The van der Waals surface area contributed by atoms with Crippen LogP contribution in [0.25, 0.3) is 22.4 Å². The number of H-pyrrole nitrogens is 1. The summed E-state index contributed by atoms with van der Waals surface area (Å²) in [4.78, 5) is 20.2. The highest BCUT2D eigenvalue weighted by atomic mass is 15.0. The standard InChI is InChI=1S/C16H12N6/c1-2-5-11(6-3-1)22-15-12(7-4-8-17-15)13-14-16(20-9-18-13)21-10-19-14/h1-10H,(H,17,22)(H,18,19,20,21). The van der Waals surface area contributed by atoms with E-state index in [0.717, 1.165) is 28.3 Å². The highest BCUT2D eigenvalue weighted by Crippen LogP contribution is 2.29. The Morgan fingerprint density at radius 1 is 0.864 bits per heavy atom. The number of nitrogens with zero attached hydrogens (tertiary/aromatic N) is 4. The van der Waals surface area contributed by atoms with Crippen molar-refractivity contribution in [3.8, 4) is 11.3 Å². The van der Waals surface area contributed by atoms with E-state index < -0.39 is 0 Å². The number of rotatable bonds is 3. The summed E-state index contributed by atoms with van der Waals surface area (Å²) >= 11 is 0. The molecule has 0 aliphatic heterocycles. The fraction of sp³-hybridized carbons (Fsp3) is 0. The fourth-order valence-electron chi connectivity index (χ4n) is 2.32. The number of aromatic amines is 1. The average Bonchev–Trinajstić information content (AvgIpc) is 3.05. The van der Waals surface area contributed by atoms with Gasteiger partial charge in [0.15, 0.2) is 5.65 Å². The van der Waals surface area contributed by atoms with Crippen LogP contribution in [0.4, 0.5) is 11.5 Å². The van der Waals surface area contributed by atoms with E-state index in [1.165, 1.54) is 6.33 Å². The van der Waals surface area contributed by atoms with Crippen molar-refractivity contribution in [3.05, 3.63) is 61.3 Å². The van der Waals surface area contributed by atoms with Gasteiger partial charge in [0.1, 0.15) is 23.4 Å². The van der Waals surface area contributed by atoms with E-state index in [4.69, 9.17) is 0 Å². The van der Waals surface area contributed by atoms with Crippen LogP contribution < -0.4 is 5.32 Å². The molecule has 1 aromatic carbocycles. The van der Waals surface area contributed by atoms with E-state index >= 15 is 0 Å². The van der Waals surface area contributed by atoms with Crippen LogP contribution in [-0.4, -0.2) is 24.9 Å². The van der Waals surface area contributed by atoms with Crippen LogP contribution in [-0.2, 0) is 0 Å². The van der Waals surface area contributed by atoms with Crippen LogP contribution in [0.3, 0.4) is 0 Å². The molecule has 0 unspecified atom stereocenters. The molecule has 0 radical (unpaired) electrons. The van der Waals surface area contributed by atoms with Crippen molar-refractivity contribution < 1.29 is 0 Å². The third-order valence-electron chi connectivity index (χ3n) is 3.32. The predicted molar refractivity (Wildman–Crippen MR) is 84.6 cm³/mol. The molecule has 0 aliphatic rings. The summed E-state index contributed by atoms with van der Waals surface area (Å²) in [5.74, 6) is 0.739. The molecule has 0 amide bonds. The molecule has 22 heavy (non-hydrogen) atoms. The monoisotopic (exact) mass is 288 g/mol. The Morgan fingerprint density at radius 2 is 1.77 bits per heavy atom. The third-order valence-corrected chi connectivity index (χ3v) is 3.32. The number of fused-ring (bicyclic) bond motifs is 1. The molecule has 0 bridgehead atoms. The summed E-state index contributed by atoms with van der Waals surface area (Å²) in [6.07, 6.45) is 4.88. The molecule has 0 saturated carbocycles. The molecule has 4 rings (SSSR count). The topological polar surface area (TPSA) is 79.4 Å². The van der Waals surface area contributed by atoms with Crippen molar-refractivity contribution in [2.75, 3.05) is 5.32 Å². The van der Waals surface area contributed by atoms with Gasteiger partial charge in [0.05, 0.1) is 6.33 Å². The van der Waals surface area contributed by atoms with Crippen molar-refractivity contribution in [1.29, 1.82) is 0 Å². The molecular formula is C16H12N6. The van der Waals surface area contributed by atoms with E-state index in [1.807, 2.05) is 42.5 Å². The lowest BCUT2D eigenvalue weighted by atomic mass is 10.1. The van der Waals surface area contributed by atoms with Crippen LogP contribution in [0, 0.1) is 0 Å². The third kappa shape index (κ3) is 2.16. The Bertz CT molecular complexity index is 916. The van der Waals surface area contributed by atoms with E-state index in [-0.39, 0.29) is 0 Å². The van der Waals surface area contributed by atoms with Gasteiger partial charge in [-0.05, 0) is 24.3 Å². The number of aromatic nitrogens is 5. The number of para-hydroxylation sites is 1. The first-order chi connectivity index (χ1) is 10.9. The van der Waals surface area contributed by atoms with Crippen molar-refractivity contribution in [2.45, 2.75) is 0 Å². The van der Waals surface area contributed by atoms with Crippen molar-refractivity contribution in [1.82, 2.24) is 24.9 Å². The van der Waals surface area contributed by atoms with Gasteiger partial charge in [-0.3, -0.25) is 0 Å². The predicted octanol–water partition coefficient (Wildman–Crippen LogP) is 3.16. The van der Waals surface area contributed by atoms with E-state index in [1.54, 1.807) is 12.5 Å². The molecule has 3 heterocycles. The molecular weight excluding hydrogens is 276 g/mol. The Kier molecular flexibility index (Phi) is 2.97. The molecule has 6 nitrogen and oxygen atoms in total. The largest absolute Gasteiger partial charge is 0.341 e. The van der Waals surface area contributed by atoms with Crippen molar-refractivity contribution >= 4 is 22.7 Å². The molecule has 0 aliphatic carbocycles. The Balaban J connectivity index is 1.84. The maximum atomic E-state index is 4.44. The summed E-state index contributed by atoms with van der Waals surface area (Å²) in [6.45, 7) is 0. The minimum absolute atomic E-state index is 0.638. The summed E-state index contributed by atoms with van der Waals surface area (Å²) in [6, 6.07) is 13.8. The summed E-state index contributed by atoms with van der Waals surface area (Å²) in [5.41, 5.74) is 4.07. The van der Waals surface area contributed by atoms with Gasteiger partial charge >= 0.3 is 0 Å². The first kappa shape index (κ1) is 12.5. The molecule has 0 atom stereocenters. The lowest BCUT2D eigenvalue weighted by Crippen LogP contribution is -1.98. The van der Waals surface area contributed by atoms with E-state index in [9.17, 15) is 0 Å². The molecule has 0 saturated heterocycles. The zero-order valence-corrected chi connectivity index (χ0v) is 11.6. The summed E-state index contributed by atoms with van der Waals surface area (Å²) < 4.78 is 0. The highest BCUT2D eigenvalue weighted by Gasteiger charge is 2.13. The van der Waals surface area contributed by atoms with Crippen LogP contribution in [0.2, 0.25) is 0 Å². The second-order valence-corrected chi connectivity index (χ2v) is 4.71. The fourth-order valence-corrected chi connectivity index (χ4v) is 2.32. The first-order valence-electron chi connectivity index (χ1n) is 6.83. The SMILES string of the molecule is c1ccc(Nc2ncccc2-c2ncnc3nc[nH]c23)cc1. The highest BCUT2D eigenvalue weighted by molar-refractivity contribution is 5.91. The molecule has 106 valence electrons. The van der Waals surface area contributed by atoms with Gasteiger partial charge in [-0.1, -0.05) is 18.2 Å². The smallest absolute Gasteiger partial charge is 0.181 e. The summed E-state index contributed by atoms with van der Waals surface area (Å²) in [7, 11) is 0. The maximum Gasteiger partial charge on any atom is 0.181 e. The Labute approximate surface area is 126 Å². The molecule has 0 fully saturated rings. The van der Waals surface area contributed by atoms with Gasteiger partial charge in [-0.2, -0.15) is 0 Å². The van der Waals surface area contributed by atoms with Gasteiger partial charge in [0.2, 0.25) is 0 Å². The summed E-state index contributed by atoms with van der Waals surface area (Å²) in [5, 5.41) is 3.32. The lowest BCUT2D eigenvalue weighted by molar-refractivity contribution is 1.19.